The molecule has 0 bridgehead atoms. The van der Waals surface area contributed by atoms with Crippen molar-refractivity contribution >= 4 is 11.6 Å². The van der Waals surface area contributed by atoms with Crippen LogP contribution in [0.5, 0.6) is 0 Å². The summed E-state index contributed by atoms with van der Waals surface area (Å²) in [4.78, 5) is 4.89. The zero-order valence-corrected chi connectivity index (χ0v) is 16.1. The third-order valence-corrected chi connectivity index (χ3v) is 5.31. The number of aromatic nitrogens is 2. The first kappa shape index (κ1) is 18.2. The number of piperazine rings is 1. The highest BCUT2D eigenvalue weighted by Crippen LogP contribution is 2.26. The summed E-state index contributed by atoms with van der Waals surface area (Å²) in [7, 11) is 0. The maximum absolute atomic E-state index is 6.05. The van der Waals surface area contributed by atoms with Crippen LogP contribution >= 0.6 is 11.6 Å². The third-order valence-electron chi connectivity index (χ3n) is 5.07. The molecule has 1 aromatic heterocycles. The fourth-order valence-corrected chi connectivity index (χ4v) is 3.64. The highest BCUT2D eigenvalue weighted by Gasteiger charge is 2.25. The second-order valence-electron chi connectivity index (χ2n) is 6.93. The van der Waals surface area contributed by atoms with Crippen molar-refractivity contribution in [2.45, 2.75) is 19.5 Å². The van der Waals surface area contributed by atoms with E-state index in [4.69, 9.17) is 16.0 Å². The van der Waals surface area contributed by atoms with Crippen LogP contribution < -0.4 is 0 Å². The van der Waals surface area contributed by atoms with Crippen LogP contribution in [0.4, 0.5) is 0 Å². The van der Waals surface area contributed by atoms with Gasteiger partial charge in [0, 0.05) is 43.3 Å². The first-order valence-corrected chi connectivity index (χ1v) is 9.66. The molecule has 1 atom stereocenters. The Morgan fingerprint density at radius 1 is 1.00 bits per heavy atom. The molecule has 0 saturated carbocycles. The van der Waals surface area contributed by atoms with Crippen LogP contribution in [-0.4, -0.2) is 46.2 Å². The molecule has 1 aliphatic heterocycles. The number of halogens is 1. The van der Waals surface area contributed by atoms with E-state index in [1.165, 1.54) is 5.56 Å². The predicted molar refractivity (Wildman–Crippen MR) is 106 cm³/mol. The molecule has 0 N–H and O–H groups in total. The van der Waals surface area contributed by atoms with Gasteiger partial charge in [-0.05, 0) is 30.7 Å². The lowest BCUT2D eigenvalue weighted by molar-refractivity contribution is 0.0876. The fourth-order valence-electron chi connectivity index (χ4n) is 3.45. The SMILES string of the molecule is C[C@@H](c1nnc(-c2cccc(Cl)c2)o1)N1CCN(Cc2ccccc2)CC1. The number of nitrogens with zero attached hydrogens (tertiary/aromatic N) is 4. The summed E-state index contributed by atoms with van der Waals surface area (Å²) >= 11 is 6.05. The largest absolute Gasteiger partial charge is 0.419 e. The Balaban J connectivity index is 1.36. The van der Waals surface area contributed by atoms with E-state index in [1.54, 1.807) is 0 Å². The van der Waals surface area contributed by atoms with Crippen molar-refractivity contribution in [3.8, 4) is 11.5 Å². The van der Waals surface area contributed by atoms with Crippen molar-refractivity contribution in [3.63, 3.8) is 0 Å². The van der Waals surface area contributed by atoms with Gasteiger partial charge in [-0.3, -0.25) is 9.80 Å². The standard InChI is InChI=1S/C21H23ClN4O/c1-16(20-23-24-21(27-20)18-8-5-9-19(22)14-18)26-12-10-25(11-13-26)15-17-6-3-2-4-7-17/h2-9,14,16H,10-13,15H2,1H3/t16-/m0/s1. The lowest BCUT2D eigenvalue weighted by atomic mass is 10.2. The Morgan fingerprint density at radius 3 is 2.52 bits per heavy atom. The molecule has 0 aliphatic carbocycles. The second-order valence-corrected chi connectivity index (χ2v) is 7.37. The number of hydrogen-bond acceptors (Lipinski definition) is 5. The number of rotatable bonds is 5. The van der Waals surface area contributed by atoms with Crippen LogP contribution in [0.3, 0.4) is 0 Å². The summed E-state index contributed by atoms with van der Waals surface area (Å²) in [6.07, 6.45) is 0. The highest BCUT2D eigenvalue weighted by atomic mass is 35.5. The molecule has 4 rings (SSSR count). The zero-order chi connectivity index (χ0) is 18.6. The molecule has 1 saturated heterocycles. The average Bonchev–Trinajstić information content (AvgIpc) is 3.19. The van der Waals surface area contributed by atoms with E-state index in [1.807, 2.05) is 24.3 Å². The van der Waals surface area contributed by atoms with Gasteiger partial charge in [-0.15, -0.1) is 10.2 Å². The second kappa shape index (κ2) is 8.21. The van der Waals surface area contributed by atoms with Crippen molar-refractivity contribution in [2.24, 2.45) is 0 Å². The first-order chi connectivity index (χ1) is 13.2. The summed E-state index contributed by atoms with van der Waals surface area (Å²) in [5.41, 5.74) is 2.21. The molecule has 0 amide bonds. The van der Waals surface area contributed by atoms with Gasteiger partial charge in [0.25, 0.3) is 0 Å². The van der Waals surface area contributed by atoms with Crippen molar-refractivity contribution in [2.75, 3.05) is 26.2 Å². The highest BCUT2D eigenvalue weighted by molar-refractivity contribution is 6.30. The van der Waals surface area contributed by atoms with Crippen LogP contribution in [-0.2, 0) is 6.54 Å². The summed E-state index contributed by atoms with van der Waals surface area (Å²) in [6, 6.07) is 18.2. The summed E-state index contributed by atoms with van der Waals surface area (Å²) < 4.78 is 5.93. The molecule has 3 aromatic rings. The topological polar surface area (TPSA) is 45.4 Å². The van der Waals surface area contributed by atoms with Gasteiger partial charge in [0.2, 0.25) is 11.8 Å². The summed E-state index contributed by atoms with van der Waals surface area (Å²) in [6.45, 7) is 7.18. The molecule has 1 fully saturated rings. The van der Waals surface area contributed by atoms with E-state index >= 15 is 0 Å². The molecule has 0 radical (unpaired) electrons. The molecule has 140 valence electrons. The van der Waals surface area contributed by atoms with Crippen molar-refractivity contribution < 1.29 is 4.42 Å². The Kier molecular flexibility index (Phi) is 5.53. The van der Waals surface area contributed by atoms with Crippen molar-refractivity contribution in [1.82, 2.24) is 20.0 Å². The normalized spacial score (nSPS) is 17.1. The van der Waals surface area contributed by atoms with Crippen LogP contribution in [0.2, 0.25) is 5.02 Å². The number of benzene rings is 2. The predicted octanol–water partition coefficient (Wildman–Crippen LogP) is 4.27. The van der Waals surface area contributed by atoms with Gasteiger partial charge in [0.1, 0.15) is 0 Å². The Labute approximate surface area is 164 Å². The van der Waals surface area contributed by atoms with Crippen molar-refractivity contribution in [3.05, 3.63) is 71.1 Å². The van der Waals surface area contributed by atoms with E-state index in [9.17, 15) is 0 Å². The number of hydrogen-bond donors (Lipinski definition) is 0. The summed E-state index contributed by atoms with van der Waals surface area (Å²) in [5.74, 6) is 1.17. The van der Waals surface area contributed by atoms with Gasteiger partial charge in [-0.25, -0.2) is 0 Å². The van der Waals surface area contributed by atoms with E-state index in [0.717, 1.165) is 38.3 Å². The average molecular weight is 383 g/mol. The van der Waals surface area contributed by atoms with Gasteiger partial charge >= 0.3 is 0 Å². The smallest absolute Gasteiger partial charge is 0.247 e. The fraction of sp³-hybridized carbons (Fsp3) is 0.333. The molecule has 5 nitrogen and oxygen atoms in total. The molecule has 27 heavy (non-hydrogen) atoms. The Bertz CT molecular complexity index is 875. The summed E-state index contributed by atoms with van der Waals surface area (Å²) in [5, 5.41) is 9.13. The van der Waals surface area contributed by atoms with E-state index in [2.05, 4.69) is 57.3 Å². The van der Waals surface area contributed by atoms with E-state index in [0.29, 0.717) is 16.8 Å². The minimum atomic E-state index is 0.101. The molecular weight excluding hydrogens is 360 g/mol. The maximum atomic E-state index is 6.05. The molecule has 0 spiro atoms. The van der Waals surface area contributed by atoms with Crippen LogP contribution in [0.1, 0.15) is 24.4 Å². The quantitative estimate of drug-likeness (QED) is 0.659. The molecule has 2 heterocycles. The monoisotopic (exact) mass is 382 g/mol. The first-order valence-electron chi connectivity index (χ1n) is 9.29. The molecule has 1 aliphatic rings. The van der Waals surface area contributed by atoms with Crippen LogP contribution in [0.15, 0.2) is 59.0 Å². The van der Waals surface area contributed by atoms with Crippen LogP contribution in [0.25, 0.3) is 11.5 Å². The maximum Gasteiger partial charge on any atom is 0.247 e. The van der Waals surface area contributed by atoms with Gasteiger partial charge in [-0.2, -0.15) is 0 Å². The van der Waals surface area contributed by atoms with Gasteiger partial charge in [-0.1, -0.05) is 48.0 Å². The van der Waals surface area contributed by atoms with Gasteiger partial charge < -0.3 is 4.42 Å². The lowest BCUT2D eigenvalue weighted by Gasteiger charge is -2.36. The third kappa shape index (κ3) is 4.38. The van der Waals surface area contributed by atoms with E-state index < -0.39 is 0 Å². The van der Waals surface area contributed by atoms with E-state index in [-0.39, 0.29) is 6.04 Å². The minimum Gasteiger partial charge on any atom is -0.419 e. The Hall–Kier alpha value is -2.21. The van der Waals surface area contributed by atoms with Gasteiger partial charge in [0.15, 0.2) is 0 Å². The van der Waals surface area contributed by atoms with Crippen LogP contribution in [0, 0.1) is 0 Å². The van der Waals surface area contributed by atoms with Gasteiger partial charge in [0.05, 0.1) is 6.04 Å². The molecule has 2 aromatic carbocycles. The molecule has 0 unspecified atom stereocenters. The lowest BCUT2D eigenvalue weighted by Crippen LogP contribution is -2.46. The van der Waals surface area contributed by atoms with Crippen molar-refractivity contribution in [1.29, 1.82) is 0 Å². The Morgan fingerprint density at radius 2 is 1.78 bits per heavy atom. The minimum absolute atomic E-state index is 0.101. The molecule has 6 heteroatoms. The molecular formula is C21H23ClN4O. The zero-order valence-electron chi connectivity index (χ0n) is 15.4.